The molecule has 134 valence electrons. The molecule has 23 heavy (non-hydrogen) atoms. The molecule has 3 unspecified atom stereocenters. The van der Waals surface area contributed by atoms with Crippen molar-refractivity contribution >= 4 is 0 Å². The van der Waals surface area contributed by atoms with Crippen LogP contribution in [0.4, 0.5) is 0 Å². The molecule has 3 heteroatoms. The number of nitrogens with one attached hydrogen (secondary N) is 1. The van der Waals surface area contributed by atoms with E-state index in [9.17, 15) is 0 Å². The van der Waals surface area contributed by atoms with Gasteiger partial charge in [-0.3, -0.25) is 4.90 Å². The maximum absolute atomic E-state index is 3.69. The predicted molar refractivity (Wildman–Crippen MR) is 98.9 cm³/mol. The summed E-state index contributed by atoms with van der Waals surface area (Å²) in [5, 5.41) is 3.69. The van der Waals surface area contributed by atoms with Crippen LogP contribution in [0.15, 0.2) is 0 Å². The highest BCUT2D eigenvalue weighted by molar-refractivity contribution is 4.91. The number of hydrogen-bond donors (Lipinski definition) is 1. The Labute approximate surface area is 144 Å². The van der Waals surface area contributed by atoms with Crippen LogP contribution >= 0.6 is 0 Å². The largest absolute Gasteiger partial charge is 0.315 e. The second kappa shape index (κ2) is 8.82. The molecule has 0 radical (unpaired) electrons. The Hall–Kier alpha value is -0.120. The molecule has 3 rings (SSSR count). The van der Waals surface area contributed by atoms with Crippen molar-refractivity contribution in [3.05, 3.63) is 0 Å². The minimum absolute atomic E-state index is 0.756. The van der Waals surface area contributed by atoms with Crippen molar-refractivity contribution < 1.29 is 0 Å². The van der Waals surface area contributed by atoms with Gasteiger partial charge in [-0.05, 0) is 64.6 Å². The van der Waals surface area contributed by atoms with Gasteiger partial charge in [-0.2, -0.15) is 0 Å². The second-order valence-corrected chi connectivity index (χ2v) is 8.33. The second-order valence-electron chi connectivity index (χ2n) is 8.33. The fourth-order valence-electron chi connectivity index (χ4n) is 5.41. The quantitative estimate of drug-likeness (QED) is 0.836. The lowest BCUT2D eigenvalue weighted by molar-refractivity contribution is 0.0414. The van der Waals surface area contributed by atoms with Gasteiger partial charge >= 0.3 is 0 Å². The van der Waals surface area contributed by atoms with Crippen LogP contribution in [-0.2, 0) is 0 Å². The number of nitrogens with zero attached hydrogens (tertiary/aromatic N) is 2. The van der Waals surface area contributed by atoms with E-state index in [-0.39, 0.29) is 0 Å². The summed E-state index contributed by atoms with van der Waals surface area (Å²) in [5.74, 6) is 0.871. The summed E-state index contributed by atoms with van der Waals surface area (Å²) in [5.41, 5.74) is 0. The van der Waals surface area contributed by atoms with Gasteiger partial charge in [0.1, 0.15) is 0 Å². The predicted octanol–water partition coefficient (Wildman–Crippen LogP) is 3.49. The van der Waals surface area contributed by atoms with Gasteiger partial charge in [-0.25, -0.2) is 0 Å². The van der Waals surface area contributed by atoms with Crippen LogP contribution in [0.3, 0.4) is 0 Å². The molecule has 3 aliphatic rings. The summed E-state index contributed by atoms with van der Waals surface area (Å²) in [6, 6.07) is 2.46. The van der Waals surface area contributed by atoms with E-state index in [0.717, 1.165) is 24.0 Å². The van der Waals surface area contributed by atoms with Crippen molar-refractivity contribution in [2.75, 3.05) is 33.2 Å². The van der Waals surface area contributed by atoms with Gasteiger partial charge in [-0.1, -0.05) is 32.6 Å². The molecular weight excluding hydrogens is 282 g/mol. The average molecular weight is 322 g/mol. The number of piperidine rings is 2. The van der Waals surface area contributed by atoms with E-state index in [4.69, 9.17) is 0 Å². The smallest absolute Gasteiger partial charge is 0.0261 e. The monoisotopic (exact) mass is 321 g/mol. The summed E-state index contributed by atoms with van der Waals surface area (Å²) >= 11 is 0. The van der Waals surface area contributed by atoms with Gasteiger partial charge in [0, 0.05) is 31.2 Å². The van der Waals surface area contributed by atoms with Crippen LogP contribution in [0.25, 0.3) is 0 Å². The Bertz CT molecular complexity index is 340. The summed E-state index contributed by atoms with van der Waals surface area (Å²) in [7, 11) is 2.42. The zero-order chi connectivity index (χ0) is 16.1. The van der Waals surface area contributed by atoms with Gasteiger partial charge in [-0.15, -0.1) is 0 Å². The van der Waals surface area contributed by atoms with Crippen molar-refractivity contribution in [3.8, 4) is 0 Å². The van der Waals surface area contributed by atoms with Crippen LogP contribution in [-0.4, -0.2) is 61.2 Å². The SMILES string of the molecule is CCC1CCCCN1CC1CCNCC1N(C)C1CCCCC1. The zero-order valence-electron chi connectivity index (χ0n) is 15.6. The van der Waals surface area contributed by atoms with Crippen molar-refractivity contribution in [2.24, 2.45) is 5.92 Å². The molecule has 0 bridgehead atoms. The molecule has 2 heterocycles. The average Bonchev–Trinajstić information content (AvgIpc) is 2.63. The van der Waals surface area contributed by atoms with Crippen LogP contribution in [0.1, 0.15) is 71.1 Å². The first kappa shape index (κ1) is 17.7. The number of rotatable bonds is 5. The lowest BCUT2D eigenvalue weighted by atomic mass is 9.86. The molecule has 0 spiro atoms. The molecule has 0 amide bonds. The Balaban J connectivity index is 1.61. The Morgan fingerprint density at radius 2 is 1.78 bits per heavy atom. The van der Waals surface area contributed by atoms with Gasteiger partial charge in [0.2, 0.25) is 0 Å². The van der Waals surface area contributed by atoms with Crippen molar-refractivity contribution in [1.82, 2.24) is 15.1 Å². The third kappa shape index (κ3) is 4.49. The molecule has 0 aromatic heterocycles. The minimum Gasteiger partial charge on any atom is -0.315 e. The molecule has 1 aliphatic carbocycles. The van der Waals surface area contributed by atoms with Gasteiger partial charge in [0.15, 0.2) is 0 Å². The van der Waals surface area contributed by atoms with Gasteiger partial charge < -0.3 is 10.2 Å². The highest BCUT2D eigenvalue weighted by Gasteiger charge is 2.34. The number of likely N-dealkylation sites (tertiary alicyclic amines) is 1. The van der Waals surface area contributed by atoms with E-state index >= 15 is 0 Å². The molecule has 3 nitrogen and oxygen atoms in total. The van der Waals surface area contributed by atoms with Gasteiger partial charge in [0.05, 0.1) is 0 Å². The number of likely N-dealkylation sites (N-methyl/N-ethyl adjacent to an activating group) is 1. The first-order valence-electron chi connectivity index (χ1n) is 10.5. The summed E-state index contributed by atoms with van der Waals surface area (Å²) in [6.07, 6.45) is 14.2. The van der Waals surface area contributed by atoms with E-state index in [2.05, 4.69) is 29.1 Å². The summed E-state index contributed by atoms with van der Waals surface area (Å²) < 4.78 is 0. The van der Waals surface area contributed by atoms with E-state index in [1.807, 2.05) is 0 Å². The zero-order valence-corrected chi connectivity index (χ0v) is 15.6. The fourth-order valence-corrected chi connectivity index (χ4v) is 5.41. The lowest BCUT2D eigenvalue weighted by Gasteiger charge is -2.46. The Kier molecular flexibility index (Phi) is 6.79. The molecular formula is C20H39N3. The molecule has 0 aromatic rings. The van der Waals surface area contributed by atoms with E-state index in [1.54, 1.807) is 0 Å². The summed E-state index contributed by atoms with van der Waals surface area (Å²) in [6.45, 7) is 7.52. The molecule has 3 fully saturated rings. The van der Waals surface area contributed by atoms with Crippen molar-refractivity contribution in [1.29, 1.82) is 0 Å². The Morgan fingerprint density at radius 1 is 1.00 bits per heavy atom. The summed E-state index contributed by atoms with van der Waals surface area (Å²) in [4.78, 5) is 5.63. The third-order valence-electron chi connectivity index (χ3n) is 6.95. The van der Waals surface area contributed by atoms with E-state index in [0.29, 0.717) is 0 Å². The Morgan fingerprint density at radius 3 is 2.57 bits per heavy atom. The normalized spacial score (nSPS) is 34.8. The first-order valence-corrected chi connectivity index (χ1v) is 10.5. The molecule has 0 aromatic carbocycles. The van der Waals surface area contributed by atoms with Crippen LogP contribution in [0.5, 0.6) is 0 Å². The van der Waals surface area contributed by atoms with Crippen LogP contribution in [0, 0.1) is 5.92 Å². The standard InChI is InChI=1S/C20H39N3/c1-3-18-9-7-8-14-23(18)16-17-12-13-21-15-20(17)22(2)19-10-5-4-6-11-19/h17-21H,3-16H2,1-2H3. The van der Waals surface area contributed by atoms with E-state index < -0.39 is 0 Å². The molecule has 1 saturated carbocycles. The van der Waals surface area contributed by atoms with Crippen molar-refractivity contribution in [3.63, 3.8) is 0 Å². The molecule has 2 saturated heterocycles. The number of hydrogen-bond acceptors (Lipinski definition) is 3. The highest BCUT2D eigenvalue weighted by atomic mass is 15.2. The molecule has 2 aliphatic heterocycles. The minimum atomic E-state index is 0.756. The maximum Gasteiger partial charge on any atom is 0.0261 e. The first-order chi connectivity index (χ1) is 11.3. The highest BCUT2D eigenvalue weighted by Crippen LogP contribution is 2.29. The topological polar surface area (TPSA) is 18.5 Å². The fraction of sp³-hybridized carbons (Fsp3) is 1.00. The van der Waals surface area contributed by atoms with Crippen LogP contribution in [0.2, 0.25) is 0 Å². The van der Waals surface area contributed by atoms with Crippen molar-refractivity contribution in [2.45, 2.75) is 89.3 Å². The van der Waals surface area contributed by atoms with Gasteiger partial charge in [0.25, 0.3) is 0 Å². The molecule has 1 N–H and O–H groups in total. The maximum atomic E-state index is 3.69. The lowest BCUT2D eigenvalue weighted by Crippen LogP contribution is -2.56. The molecule has 3 atom stereocenters. The third-order valence-corrected chi connectivity index (χ3v) is 6.95. The van der Waals surface area contributed by atoms with Crippen LogP contribution < -0.4 is 5.32 Å². The van der Waals surface area contributed by atoms with E-state index in [1.165, 1.54) is 90.4 Å².